The minimum Gasteiger partial charge on any atom is -0.311 e. The van der Waals surface area contributed by atoms with Gasteiger partial charge in [-0.1, -0.05) is 26.7 Å². The topological polar surface area (TPSA) is 12.0 Å². The van der Waals surface area contributed by atoms with Gasteiger partial charge in [-0.2, -0.15) is 0 Å². The lowest BCUT2D eigenvalue weighted by Gasteiger charge is -2.40. The number of fused-ring (bicyclic) bond motifs is 2. The van der Waals surface area contributed by atoms with E-state index in [1.807, 2.05) is 0 Å². The summed E-state index contributed by atoms with van der Waals surface area (Å²) < 4.78 is 0. The van der Waals surface area contributed by atoms with Crippen LogP contribution in [0.4, 0.5) is 0 Å². The van der Waals surface area contributed by atoms with E-state index in [1.165, 1.54) is 57.9 Å². The molecule has 0 heterocycles. The summed E-state index contributed by atoms with van der Waals surface area (Å²) in [4.78, 5) is 0. The van der Waals surface area contributed by atoms with Gasteiger partial charge in [-0.25, -0.2) is 0 Å². The minimum atomic E-state index is 0.560. The molecule has 0 aromatic carbocycles. The van der Waals surface area contributed by atoms with Crippen LogP contribution in [0.15, 0.2) is 0 Å². The lowest BCUT2D eigenvalue weighted by molar-refractivity contribution is 0.161. The molecule has 0 radical (unpaired) electrons. The second-order valence-corrected chi connectivity index (χ2v) is 5.59. The molecule has 0 spiro atoms. The highest BCUT2D eigenvalue weighted by atomic mass is 15.0. The largest absolute Gasteiger partial charge is 0.311 e. The van der Waals surface area contributed by atoms with Crippen LogP contribution in [0.2, 0.25) is 0 Å². The fourth-order valence-corrected chi connectivity index (χ4v) is 3.74. The maximum Gasteiger partial charge on any atom is 0.0187 e. The van der Waals surface area contributed by atoms with E-state index in [4.69, 9.17) is 0 Å². The van der Waals surface area contributed by atoms with Crippen LogP contribution >= 0.6 is 0 Å². The van der Waals surface area contributed by atoms with Gasteiger partial charge in [-0.3, -0.25) is 0 Å². The summed E-state index contributed by atoms with van der Waals surface area (Å²) in [6.07, 6.45) is 11.5. The first-order valence-corrected chi connectivity index (χ1v) is 6.49. The average molecular weight is 195 g/mol. The zero-order valence-corrected chi connectivity index (χ0v) is 9.86. The predicted molar refractivity (Wildman–Crippen MR) is 61.5 cm³/mol. The molecule has 2 fully saturated rings. The third-order valence-corrected chi connectivity index (χ3v) is 4.71. The first-order chi connectivity index (χ1) is 6.74. The van der Waals surface area contributed by atoms with Gasteiger partial charge in [-0.15, -0.1) is 0 Å². The van der Waals surface area contributed by atoms with E-state index in [1.54, 1.807) is 0 Å². The number of nitrogens with one attached hydrogen (secondary N) is 1. The second-order valence-electron chi connectivity index (χ2n) is 5.59. The van der Waals surface area contributed by atoms with Crippen molar-refractivity contribution in [2.75, 3.05) is 6.54 Å². The normalized spacial score (nSPS) is 41.6. The average Bonchev–Trinajstić information content (AvgIpc) is 2.49. The molecule has 1 heteroatoms. The van der Waals surface area contributed by atoms with Crippen molar-refractivity contribution in [1.29, 1.82) is 0 Å². The summed E-state index contributed by atoms with van der Waals surface area (Å²) in [5, 5.41) is 3.84. The Kier molecular flexibility index (Phi) is 2.88. The lowest BCUT2D eigenvalue weighted by atomic mass is 9.71. The Morgan fingerprint density at radius 3 is 2.64 bits per heavy atom. The Bertz CT molecular complexity index is 197. The van der Waals surface area contributed by atoms with Crippen LogP contribution in [-0.2, 0) is 0 Å². The van der Waals surface area contributed by atoms with Crippen molar-refractivity contribution in [3.63, 3.8) is 0 Å². The maximum atomic E-state index is 3.84. The summed E-state index contributed by atoms with van der Waals surface area (Å²) in [6.45, 7) is 5.88. The SMILES string of the molecule is CCCNC12CCCC(CC)(CC1)C2. The van der Waals surface area contributed by atoms with Gasteiger partial charge in [0.2, 0.25) is 0 Å². The van der Waals surface area contributed by atoms with Crippen molar-refractivity contribution in [3.8, 4) is 0 Å². The molecule has 2 saturated carbocycles. The summed E-state index contributed by atoms with van der Waals surface area (Å²) in [5.74, 6) is 0. The summed E-state index contributed by atoms with van der Waals surface area (Å²) >= 11 is 0. The second kappa shape index (κ2) is 3.84. The van der Waals surface area contributed by atoms with E-state index >= 15 is 0 Å². The molecule has 2 unspecified atom stereocenters. The van der Waals surface area contributed by atoms with Crippen molar-refractivity contribution in [2.45, 2.75) is 70.8 Å². The molecular formula is C13H25N. The van der Waals surface area contributed by atoms with E-state index < -0.39 is 0 Å². The summed E-state index contributed by atoms with van der Waals surface area (Å²) in [5.41, 5.74) is 1.29. The maximum absolute atomic E-state index is 3.84. The van der Waals surface area contributed by atoms with E-state index in [9.17, 15) is 0 Å². The van der Waals surface area contributed by atoms with Gasteiger partial charge in [-0.05, 0) is 50.5 Å². The Morgan fingerprint density at radius 2 is 1.93 bits per heavy atom. The van der Waals surface area contributed by atoms with Gasteiger partial charge in [0.25, 0.3) is 0 Å². The lowest BCUT2D eigenvalue weighted by Crippen LogP contribution is -2.46. The van der Waals surface area contributed by atoms with Gasteiger partial charge in [0.15, 0.2) is 0 Å². The first kappa shape index (κ1) is 10.5. The Labute approximate surface area is 88.7 Å². The zero-order valence-electron chi connectivity index (χ0n) is 9.86. The molecule has 2 bridgehead atoms. The zero-order chi connectivity index (χ0) is 10.1. The molecule has 1 nitrogen and oxygen atoms in total. The monoisotopic (exact) mass is 195 g/mol. The molecule has 0 amide bonds. The fourth-order valence-electron chi connectivity index (χ4n) is 3.74. The third-order valence-electron chi connectivity index (χ3n) is 4.71. The number of rotatable bonds is 4. The van der Waals surface area contributed by atoms with Crippen LogP contribution in [0.3, 0.4) is 0 Å². The first-order valence-electron chi connectivity index (χ1n) is 6.49. The molecule has 0 aromatic heterocycles. The molecule has 2 aliphatic carbocycles. The van der Waals surface area contributed by atoms with Crippen LogP contribution in [-0.4, -0.2) is 12.1 Å². The molecule has 0 aromatic rings. The van der Waals surface area contributed by atoms with Gasteiger partial charge >= 0.3 is 0 Å². The van der Waals surface area contributed by atoms with Crippen LogP contribution in [0.5, 0.6) is 0 Å². The van der Waals surface area contributed by atoms with E-state index in [2.05, 4.69) is 19.2 Å². The number of hydrogen-bond donors (Lipinski definition) is 1. The Hall–Kier alpha value is -0.0400. The van der Waals surface area contributed by atoms with Crippen molar-refractivity contribution in [1.82, 2.24) is 5.32 Å². The van der Waals surface area contributed by atoms with E-state index in [-0.39, 0.29) is 0 Å². The van der Waals surface area contributed by atoms with Gasteiger partial charge in [0.05, 0.1) is 0 Å². The standard InChI is InChI=1S/C13H25N/c1-3-10-14-13-7-5-6-12(4-2,11-13)8-9-13/h14H,3-11H2,1-2H3. The molecule has 82 valence electrons. The highest BCUT2D eigenvalue weighted by Gasteiger charge is 2.49. The highest BCUT2D eigenvalue weighted by molar-refractivity contribution is 5.05. The van der Waals surface area contributed by atoms with Crippen molar-refractivity contribution in [3.05, 3.63) is 0 Å². The van der Waals surface area contributed by atoms with E-state index in [0.29, 0.717) is 5.54 Å². The molecular weight excluding hydrogens is 170 g/mol. The van der Waals surface area contributed by atoms with Crippen LogP contribution in [0.25, 0.3) is 0 Å². The summed E-state index contributed by atoms with van der Waals surface area (Å²) in [7, 11) is 0. The molecule has 2 aliphatic rings. The van der Waals surface area contributed by atoms with Gasteiger partial charge in [0.1, 0.15) is 0 Å². The van der Waals surface area contributed by atoms with E-state index in [0.717, 1.165) is 5.41 Å². The highest BCUT2D eigenvalue weighted by Crippen LogP contribution is 2.55. The summed E-state index contributed by atoms with van der Waals surface area (Å²) in [6, 6.07) is 0. The van der Waals surface area contributed by atoms with Gasteiger partial charge in [0, 0.05) is 5.54 Å². The van der Waals surface area contributed by atoms with Gasteiger partial charge < -0.3 is 5.32 Å². The van der Waals surface area contributed by atoms with Crippen LogP contribution in [0.1, 0.15) is 65.2 Å². The minimum absolute atomic E-state index is 0.560. The molecule has 0 saturated heterocycles. The third kappa shape index (κ3) is 1.71. The molecule has 1 N–H and O–H groups in total. The Morgan fingerprint density at radius 1 is 1.07 bits per heavy atom. The fraction of sp³-hybridized carbons (Fsp3) is 1.00. The molecule has 0 aliphatic heterocycles. The van der Waals surface area contributed by atoms with Crippen molar-refractivity contribution < 1.29 is 0 Å². The molecule has 2 rings (SSSR count). The van der Waals surface area contributed by atoms with Crippen LogP contribution < -0.4 is 5.32 Å². The quantitative estimate of drug-likeness (QED) is 0.724. The number of hydrogen-bond acceptors (Lipinski definition) is 1. The Balaban J connectivity index is 2.01. The molecule has 2 atom stereocenters. The van der Waals surface area contributed by atoms with Crippen molar-refractivity contribution >= 4 is 0 Å². The predicted octanol–water partition coefficient (Wildman–Crippen LogP) is 3.49. The van der Waals surface area contributed by atoms with Crippen molar-refractivity contribution in [2.24, 2.45) is 5.41 Å². The smallest absolute Gasteiger partial charge is 0.0187 e. The molecule has 14 heavy (non-hydrogen) atoms. The van der Waals surface area contributed by atoms with Crippen LogP contribution in [0, 0.1) is 5.41 Å².